The van der Waals surface area contributed by atoms with Gasteiger partial charge in [0.2, 0.25) is 0 Å². The number of amides is 1. The van der Waals surface area contributed by atoms with E-state index >= 15 is 0 Å². The highest BCUT2D eigenvalue weighted by atomic mass is 79.9. The molecule has 16 heavy (non-hydrogen) atoms. The lowest BCUT2D eigenvalue weighted by Gasteiger charge is -2.34. The highest BCUT2D eigenvalue weighted by Crippen LogP contribution is 2.27. The summed E-state index contributed by atoms with van der Waals surface area (Å²) in [6.07, 6.45) is 3.46. The Hall–Kier alpha value is -0.540. The molecule has 1 fully saturated rings. The van der Waals surface area contributed by atoms with E-state index in [0.29, 0.717) is 16.6 Å². The van der Waals surface area contributed by atoms with Crippen LogP contribution in [0.15, 0.2) is 22.7 Å². The summed E-state index contributed by atoms with van der Waals surface area (Å²) < 4.78 is 0.817. The molecular formula is C12H13BrClNO. The topological polar surface area (TPSA) is 20.3 Å². The minimum atomic E-state index is 0.0547. The van der Waals surface area contributed by atoms with Gasteiger partial charge in [0.25, 0.3) is 5.91 Å². The number of benzene rings is 1. The smallest absolute Gasteiger partial charge is 0.253 e. The van der Waals surface area contributed by atoms with E-state index < -0.39 is 0 Å². The molecule has 1 saturated carbocycles. The van der Waals surface area contributed by atoms with Crippen LogP contribution in [0, 0.1) is 0 Å². The van der Waals surface area contributed by atoms with Crippen molar-refractivity contribution in [3.8, 4) is 0 Å². The second-order valence-corrected chi connectivity index (χ2v) is 5.39. The van der Waals surface area contributed by atoms with E-state index in [9.17, 15) is 4.79 Å². The first-order valence-electron chi connectivity index (χ1n) is 5.32. The Morgan fingerprint density at radius 3 is 2.69 bits per heavy atom. The van der Waals surface area contributed by atoms with E-state index in [0.717, 1.165) is 17.3 Å². The van der Waals surface area contributed by atoms with Crippen LogP contribution in [0.3, 0.4) is 0 Å². The average molecular weight is 303 g/mol. The van der Waals surface area contributed by atoms with Crippen LogP contribution in [0.25, 0.3) is 0 Å². The quantitative estimate of drug-likeness (QED) is 0.815. The highest BCUT2D eigenvalue weighted by Gasteiger charge is 2.26. The molecule has 0 heterocycles. The van der Waals surface area contributed by atoms with Gasteiger partial charge in [0.05, 0.1) is 5.02 Å². The third-order valence-electron chi connectivity index (χ3n) is 3.11. The number of hydrogen-bond acceptors (Lipinski definition) is 1. The van der Waals surface area contributed by atoms with Crippen molar-refractivity contribution in [3.63, 3.8) is 0 Å². The monoisotopic (exact) mass is 301 g/mol. The Kier molecular flexibility index (Phi) is 3.55. The molecule has 2 rings (SSSR count). The molecule has 0 atom stereocenters. The van der Waals surface area contributed by atoms with Crippen LogP contribution < -0.4 is 0 Å². The van der Waals surface area contributed by atoms with Gasteiger partial charge in [-0.25, -0.2) is 0 Å². The molecule has 1 aromatic carbocycles. The molecule has 0 N–H and O–H groups in total. The fraction of sp³-hybridized carbons (Fsp3) is 0.417. The maximum absolute atomic E-state index is 12.1. The molecule has 0 radical (unpaired) electrons. The fourth-order valence-electron chi connectivity index (χ4n) is 1.77. The van der Waals surface area contributed by atoms with Crippen LogP contribution in [-0.2, 0) is 0 Å². The Labute approximate surface area is 109 Å². The molecule has 0 saturated heterocycles. The van der Waals surface area contributed by atoms with Gasteiger partial charge in [-0.1, -0.05) is 11.6 Å². The van der Waals surface area contributed by atoms with Gasteiger partial charge in [0.1, 0.15) is 0 Å². The highest BCUT2D eigenvalue weighted by molar-refractivity contribution is 9.10. The van der Waals surface area contributed by atoms with Crippen molar-refractivity contribution in [2.75, 3.05) is 7.05 Å². The number of nitrogens with zero attached hydrogens (tertiary/aromatic N) is 1. The molecule has 1 aromatic rings. The average Bonchev–Trinajstić information content (AvgIpc) is 2.18. The summed E-state index contributed by atoms with van der Waals surface area (Å²) in [5.41, 5.74) is 0.655. The van der Waals surface area contributed by atoms with Gasteiger partial charge in [-0.2, -0.15) is 0 Å². The van der Waals surface area contributed by atoms with E-state index in [2.05, 4.69) is 15.9 Å². The van der Waals surface area contributed by atoms with Gasteiger partial charge in [-0.05, 0) is 53.4 Å². The summed E-state index contributed by atoms with van der Waals surface area (Å²) in [7, 11) is 1.86. The van der Waals surface area contributed by atoms with E-state index in [-0.39, 0.29) is 5.91 Å². The molecule has 1 amide bonds. The Balaban J connectivity index is 2.16. The molecule has 2 nitrogen and oxygen atoms in total. The summed E-state index contributed by atoms with van der Waals surface area (Å²) in [4.78, 5) is 13.9. The summed E-state index contributed by atoms with van der Waals surface area (Å²) in [5.74, 6) is 0.0547. The molecular weight excluding hydrogens is 289 g/mol. The van der Waals surface area contributed by atoms with Crippen molar-refractivity contribution in [3.05, 3.63) is 33.3 Å². The maximum atomic E-state index is 12.1. The summed E-state index contributed by atoms with van der Waals surface area (Å²) in [5, 5.41) is 0.577. The van der Waals surface area contributed by atoms with Crippen LogP contribution in [0.5, 0.6) is 0 Å². The summed E-state index contributed by atoms with van der Waals surface area (Å²) >= 11 is 9.28. The van der Waals surface area contributed by atoms with Gasteiger partial charge >= 0.3 is 0 Å². The second kappa shape index (κ2) is 4.76. The first-order chi connectivity index (χ1) is 7.59. The Morgan fingerprint density at radius 2 is 2.19 bits per heavy atom. The van der Waals surface area contributed by atoms with Crippen LogP contribution >= 0.6 is 27.5 Å². The van der Waals surface area contributed by atoms with E-state index in [1.165, 1.54) is 6.42 Å². The number of carbonyl (C=O) groups is 1. The first kappa shape index (κ1) is 11.9. The van der Waals surface area contributed by atoms with Crippen molar-refractivity contribution >= 4 is 33.4 Å². The predicted molar refractivity (Wildman–Crippen MR) is 68.9 cm³/mol. The van der Waals surface area contributed by atoms with Crippen molar-refractivity contribution in [1.29, 1.82) is 0 Å². The summed E-state index contributed by atoms with van der Waals surface area (Å²) in [6.45, 7) is 0. The summed E-state index contributed by atoms with van der Waals surface area (Å²) in [6, 6.07) is 5.73. The minimum Gasteiger partial charge on any atom is -0.339 e. The number of rotatable bonds is 2. The normalized spacial score (nSPS) is 15.7. The van der Waals surface area contributed by atoms with Gasteiger partial charge in [-0.15, -0.1) is 0 Å². The van der Waals surface area contributed by atoms with E-state index in [1.54, 1.807) is 12.1 Å². The van der Waals surface area contributed by atoms with E-state index in [1.807, 2.05) is 18.0 Å². The molecule has 86 valence electrons. The largest absolute Gasteiger partial charge is 0.339 e. The molecule has 0 spiro atoms. The Bertz CT molecular complexity index is 417. The first-order valence-corrected chi connectivity index (χ1v) is 6.49. The molecule has 1 aliphatic rings. The minimum absolute atomic E-state index is 0.0547. The number of hydrogen-bond donors (Lipinski definition) is 0. The number of halogens is 2. The lowest BCUT2D eigenvalue weighted by atomic mass is 9.91. The molecule has 0 unspecified atom stereocenters. The zero-order valence-corrected chi connectivity index (χ0v) is 11.4. The second-order valence-electron chi connectivity index (χ2n) is 4.13. The van der Waals surface area contributed by atoms with Gasteiger partial charge in [-0.3, -0.25) is 4.79 Å². The van der Waals surface area contributed by atoms with Gasteiger partial charge < -0.3 is 4.90 Å². The van der Waals surface area contributed by atoms with E-state index in [4.69, 9.17) is 11.6 Å². The van der Waals surface area contributed by atoms with Gasteiger partial charge in [0.15, 0.2) is 0 Å². The van der Waals surface area contributed by atoms with Crippen molar-refractivity contribution in [1.82, 2.24) is 4.90 Å². The SMILES string of the molecule is CN(C(=O)c1ccc(Br)c(Cl)c1)C1CCC1. The zero-order chi connectivity index (χ0) is 11.7. The Morgan fingerprint density at radius 1 is 1.50 bits per heavy atom. The molecule has 0 aliphatic heterocycles. The van der Waals surface area contributed by atoms with Crippen LogP contribution in [-0.4, -0.2) is 23.9 Å². The van der Waals surface area contributed by atoms with Crippen LogP contribution in [0.2, 0.25) is 5.02 Å². The molecule has 4 heteroatoms. The standard InChI is InChI=1S/C12H13BrClNO/c1-15(9-3-2-4-9)12(16)8-5-6-10(13)11(14)7-8/h5-7,9H,2-4H2,1H3. The zero-order valence-electron chi connectivity index (χ0n) is 9.04. The van der Waals surface area contributed by atoms with Crippen molar-refractivity contribution < 1.29 is 4.79 Å². The molecule has 1 aliphatic carbocycles. The van der Waals surface area contributed by atoms with Crippen LogP contribution in [0.4, 0.5) is 0 Å². The predicted octanol–water partition coefficient (Wildman–Crippen LogP) is 3.73. The van der Waals surface area contributed by atoms with Crippen LogP contribution in [0.1, 0.15) is 29.6 Å². The van der Waals surface area contributed by atoms with Gasteiger partial charge in [0, 0.05) is 23.1 Å². The maximum Gasteiger partial charge on any atom is 0.253 e. The molecule has 0 bridgehead atoms. The number of carbonyl (C=O) groups excluding carboxylic acids is 1. The lowest BCUT2D eigenvalue weighted by molar-refractivity contribution is 0.0652. The fourth-order valence-corrected chi connectivity index (χ4v) is 2.20. The van der Waals surface area contributed by atoms with Crippen molar-refractivity contribution in [2.45, 2.75) is 25.3 Å². The molecule has 0 aromatic heterocycles. The third kappa shape index (κ3) is 2.25. The third-order valence-corrected chi connectivity index (χ3v) is 4.34. The van der Waals surface area contributed by atoms with Crippen molar-refractivity contribution in [2.24, 2.45) is 0 Å². The lowest BCUT2D eigenvalue weighted by Crippen LogP contribution is -2.41.